The van der Waals surface area contributed by atoms with E-state index in [0.29, 0.717) is 30.5 Å². The van der Waals surface area contributed by atoms with E-state index in [2.05, 4.69) is 15.0 Å². The Hall–Kier alpha value is -1.16. The van der Waals surface area contributed by atoms with Crippen LogP contribution in [0, 0.1) is 5.92 Å². The first-order valence-electron chi connectivity index (χ1n) is 6.32. The zero-order valence-corrected chi connectivity index (χ0v) is 12.6. The molecule has 1 saturated heterocycles. The maximum atomic E-state index is 12.5. The van der Waals surface area contributed by atoms with Gasteiger partial charge in [0.05, 0.1) is 6.61 Å². The van der Waals surface area contributed by atoms with Crippen molar-refractivity contribution in [3.8, 4) is 0 Å². The summed E-state index contributed by atoms with van der Waals surface area (Å²) in [7, 11) is -1.94. The molecular weight excluding hydrogens is 300 g/mol. The van der Waals surface area contributed by atoms with Crippen LogP contribution >= 0.6 is 11.3 Å². The summed E-state index contributed by atoms with van der Waals surface area (Å²) in [6.45, 7) is 1.71. The van der Waals surface area contributed by atoms with Crippen LogP contribution in [-0.2, 0) is 14.8 Å². The molecule has 1 unspecified atom stereocenters. The van der Waals surface area contributed by atoms with Gasteiger partial charge in [0, 0.05) is 31.8 Å². The van der Waals surface area contributed by atoms with Crippen molar-refractivity contribution in [2.75, 3.05) is 32.1 Å². The number of hydrogen-bond donors (Lipinski definition) is 2. The fourth-order valence-electron chi connectivity index (χ4n) is 2.22. The number of thiazole rings is 1. The normalized spacial score (nSPS) is 19.8. The van der Waals surface area contributed by atoms with Gasteiger partial charge in [-0.25, -0.2) is 18.1 Å². The molecule has 0 bridgehead atoms. The van der Waals surface area contributed by atoms with Gasteiger partial charge in [-0.05, 0) is 12.3 Å². The molecule has 9 heteroatoms. The second-order valence-electron chi connectivity index (χ2n) is 4.65. The molecule has 0 radical (unpaired) electrons. The van der Waals surface area contributed by atoms with Crippen molar-refractivity contribution in [2.24, 2.45) is 5.92 Å². The Morgan fingerprint density at radius 3 is 3.15 bits per heavy atom. The Morgan fingerprint density at radius 2 is 2.45 bits per heavy atom. The van der Waals surface area contributed by atoms with E-state index >= 15 is 0 Å². The molecule has 0 saturated carbocycles. The van der Waals surface area contributed by atoms with Gasteiger partial charge in [-0.1, -0.05) is 0 Å². The van der Waals surface area contributed by atoms with E-state index < -0.39 is 10.0 Å². The summed E-state index contributed by atoms with van der Waals surface area (Å²) in [5.41, 5.74) is 0. The fourth-order valence-corrected chi connectivity index (χ4v) is 4.40. The van der Waals surface area contributed by atoms with E-state index in [-0.39, 0.29) is 10.9 Å². The molecule has 110 valence electrons. The highest BCUT2D eigenvalue weighted by atomic mass is 32.2. The van der Waals surface area contributed by atoms with Crippen LogP contribution in [0.1, 0.15) is 6.42 Å². The van der Waals surface area contributed by atoms with Crippen LogP contribution in [0.25, 0.3) is 4.96 Å². The van der Waals surface area contributed by atoms with Gasteiger partial charge in [-0.2, -0.15) is 0 Å². The second kappa shape index (κ2) is 5.32. The number of anilines is 1. The van der Waals surface area contributed by atoms with Gasteiger partial charge in [0.1, 0.15) is 0 Å². The molecular formula is C11H16N4O3S2. The van der Waals surface area contributed by atoms with Gasteiger partial charge >= 0.3 is 0 Å². The third-order valence-corrected chi connectivity index (χ3v) is 5.50. The second-order valence-corrected chi connectivity index (χ2v) is 7.21. The van der Waals surface area contributed by atoms with Crippen LogP contribution in [0.15, 0.2) is 16.6 Å². The van der Waals surface area contributed by atoms with E-state index in [9.17, 15) is 8.42 Å². The van der Waals surface area contributed by atoms with E-state index in [1.807, 2.05) is 5.38 Å². The molecule has 2 aromatic heterocycles. The van der Waals surface area contributed by atoms with Crippen LogP contribution < -0.4 is 10.0 Å². The summed E-state index contributed by atoms with van der Waals surface area (Å²) in [5, 5.41) is 4.81. The molecule has 3 rings (SSSR count). The lowest BCUT2D eigenvalue weighted by Gasteiger charge is -2.10. The fraction of sp³-hybridized carbons (Fsp3) is 0.545. The molecule has 2 N–H and O–H groups in total. The molecule has 1 fully saturated rings. The molecule has 2 aromatic rings. The van der Waals surface area contributed by atoms with Gasteiger partial charge in [-0.15, -0.1) is 11.3 Å². The summed E-state index contributed by atoms with van der Waals surface area (Å²) in [4.78, 5) is 4.92. The summed E-state index contributed by atoms with van der Waals surface area (Å²) < 4.78 is 34.5. The van der Waals surface area contributed by atoms with Crippen molar-refractivity contribution >= 4 is 32.1 Å². The molecule has 20 heavy (non-hydrogen) atoms. The standard InChI is InChI=1S/C11H16N4O3S2/c1-12-9-10(15-3-5-19-11(15)14-9)20(16,17)13-6-8-2-4-18-7-8/h3,5,8,12-13H,2,4,6-7H2,1H3. The van der Waals surface area contributed by atoms with Crippen LogP contribution in [0.4, 0.5) is 5.82 Å². The Morgan fingerprint density at radius 1 is 1.60 bits per heavy atom. The van der Waals surface area contributed by atoms with Crippen LogP contribution in [0.2, 0.25) is 0 Å². The Balaban J connectivity index is 1.89. The zero-order chi connectivity index (χ0) is 14.2. The molecule has 3 heterocycles. The topological polar surface area (TPSA) is 84.7 Å². The van der Waals surface area contributed by atoms with Crippen molar-refractivity contribution in [2.45, 2.75) is 11.4 Å². The number of imidazole rings is 1. The quantitative estimate of drug-likeness (QED) is 0.850. The third kappa shape index (κ3) is 2.41. The minimum absolute atomic E-state index is 0.162. The van der Waals surface area contributed by atoms with Gasteiger partial charge in [0.15, 0.2) is 15.8 Å². The van der Waals surface area contributed by atoms with Gasteiger partial charge in [0.2, 0.25) is 0 Å². The first-order chi connectivity index (χ1) is 9.62. The predicted octanol–water partition coefficient (Wildman–Crippen LogP) is 0.752. The molecule has 1 atom stereocenters. The number of nitrogens with one attached hydrogen (secondary N) is 2. The predicted molar refractivity (Wildman–Crippen MR) is 76.7 cm³/mol. The minimum Gasteiger partial charge on any atom is -0.381 e. The van der Waals surface area contributed by atoms with Crippen molar-refractivity contribution in [1.82, 2.24) is 14.1 Å². The molecule has 7 nitrogen and oxygen atoms in total. The number of aromatic nitrogens is 2. The Labute approximate surface area is 121 Å². The van der Waals surface area contributed by atoms with Gasteiger partial charge in [-0.3, -0.25) is 4.40 Å². The highest BCUT2D eigenvalue weighted by molar-refractivity contribution is 7.89. The molecule has 0 amide bonds. The average molecular weight is 316 g/mol. The summed E-state index contributed by atoms with van der Waals surface area (Å²) in [5.74, 6) is 0.612. The van der Waals surface area contributed by atoms with E-state index in [0.717, 1.165) is 6.42 Å². The lowest BCUT2D eigenvalue weighted by Crippen LogP contribution is -2.30. The maximum absolute atomic E-state index is 12.5. The Bertz CT molecular complexity index is 700. The van der Waals surface area contributed by atoms with Crippen molar-refractivity contribution < 1.29 is 13.2 Å². The summed E-state index contributed by atoms with van der Waals surface area (Å²) in [6.07, 6.45) is 2.60. The first kappa shape index (κ1) is 13.8. The van der Waals surface area contributed by atoms with Crippen LogP contribution in [-0.4, -0.2) is 44.6 Å². The smallest absolute Gasteiger partial charge is 0.260 e. The van der Waals surface area contributed by atoms with Crippen molar-refractivity contribution in [3.63, 3.8) is 0 Å². The number of fused-ring (bicyclic) bond motifs is 1. The molecule has 0 aromatic carbocycles. The summed E-state index contributed by atoms with van der Waals surface area (Å²) in [6, 6.07) is 0. The maximum Gasteiger partial charge on any atom is 0.260 e. The van der Waals surface area contributed by atoms with Crippen LogP contribution in [0.5, 0.6) is 0 Å². The number of sulfonamides is 1. The highest BCUT2D eigenvalue weighted by Gasteiger charge is 2.27. The largest absolute Gasteiger partial charge is 0.381 e. The zero-order valence-electron chi connectivity index (χ0n) is 11.0. The van der Waals surface area contributed by atoms with E-state index in [1.54, 1.807) is 17.6 Å². The lowest BCUT2D eigenvalue weighted by atomic mass is 10.1. The van der Waals surface area contributed by atoms with Crippen molar-refractivity contribution in [1.29, 1.82) is 0 Å². The Kier molecular flexibility index (Phi) is 3.67. The van der Waals surface area contributed by atoms with Gasteiger partial charge in [0.25, 0.3) is 10.0 Å². The number of ether oxygens (including phenoxy) is 1. The molecule has 1 aliphatic rings. The molecule has 0 aliphatic carbocycles. The lowest BCUT2D eigenvalue weighted by molar-refractivity contribution is 0.186. The number of hydrogen-bond acceptors (Lipinski definition) is 6. The molecule has 0 spiro atoms. The summed E-state index contributed by atoms with van der Waals surface area (Å²) >= 11 is 1.40. The van der Waals surface area contributed by atoms with Gasteiger partial charge < -0.3 is 10.1 Å². The van der Waals surface area contributed by atoms with E-state index in [4.69, 9.17) is 4.74 Å². The van der Waals surface area contributed by atoms with Crippen molar-refractivity contribution in [3.05, 3.63) is 11.6 Å². The van der Waals surface area contributed by atoms with E-state index in [1.165, 1.54) is 11.3 Å². The van der Waals surface area contributed by atoms with Crippen LogP contribution in [0.3, 0.4) is 0 Å². The first-order valence-corrected chi connectivity index (χ1v) is 8.69. The highest BCUT2D eigenvalue weighted by Crippen LogP contribution is 2.25. The third-order valence-electron chi connectivity index (χ3n) is 3.30. The number of rotatable bonds is 5. The molecule has 1 aliphatic heterocycles. The average Bonchev–Trinajstić information content (AvgIpc) is 3.11. The number of nitrogens with zero attached hydrogens (tertiary/aromatic N) is 2. The SMILES string of the molecule is CNc1nc2sccn2c1S(=O)(=O)NCC1CCOC1. The minimum atomic E-state index is -3.60. The monoisotopic (exact) mass is 316 g/mol.